The Balaban J connectivity index is 1.39. The molecule has 2 saturated heterocycles. The van der Waals surface area contributed by atoms with E-state index in [0.29, 0.717) is 60.0 Å². The van der Waals surface area contributed by atoms with Gasteiger partial charge < -0.3 is 24.8 Å². The van der Waals surface area contributed by atoms with Crippen LogP contribution in [0.1, 0.15) is 37.2 Å². The van der Waals surface area contributed by atoms with Gasteiger partial charge in [0.15, 0.2) is 11.5 Å². The molecule has 2 aliphatic heterocycles. The van der Waals surface area contributed by atoms with Crippen LogP contribution in [-0.2, 0) is 19.7 Å². The molecule has 2 amide bonds. The number of nitrogens with zero attached hydrogens (tertiary/aromatic N) is 4. The van der Waals surface area contributed by atoms with Crippen molar-refractivity contribution in [3.8, 4) is 17.2 Å². The van der Waals surface area contributed by atoms with Gasteiger partial charge in [-0.05, 0) is 23.8 Å². The second-order valence-electron chi connectivity index (χ2n) is 10.6. The van der Waals surface area contributed by atoms with E-state index in [1.807, 2.05) is 4.90 Å². The van der Waals surface area contributed by atoms with E-state index in [2.05, 4.69) is 9.97 Å². The molecule has 2 aromatic carbocycles. The number of anilines is 2. The predicted molar refractivity (Wildman–Crippen MR) is 154 cm³/mol. The van der Waals surface area contributed by atoms with Crippen molar-refractivity contribution in [3.05, 3.63) is 42.0 Å². The number of amides is 2. The van der Waals surface area contributed by atoms with Crippen LogP contribution in [-0.4, -0.2) is 85.6 Å². The summed E-state index contributed by atoms with van der Waals surface area (Å²) in [5.74, 6) is -0.176. The van der Waals surface area contributed by atoms with Gasteiger partial charge in [-0.1, -0.05) is 12.1 Å². The summed E-state index contributed by atoms with van der Waals surface area (Å²) in [7, 11) is -0.0701. The first-order valence-electron chi connectivity index (χ1n) is 13.5. The zero-order valence-corrected chi connectivity index (χ0v) is 24.5. The van der Waals surface area contributed by atoms with Gasteiger partial charge >= 0.3 is 21.9 Å². The maximum Gasteiger partial charge on any atom is 0.322 e. The molecule has 2 aliphatic rings. The first kappa shape index (κ1) is 29.5. The van der Waals surface area contributed by atoms with Gasteiger partial charge in [0.25, 0.3) is 0 Å². The molecule has 42 heavy (non-hydrogen) atoms. The Morgan fingerprint density at radius 2 is 1.55 bits per heavy atom. The topological polar surface area (TPSA) is 171 Å². The van der Waals surface area contributed by atoms with Gasteiger partial charge in [-0.15, -0.1) is 0 Å². The van der Waals surface area contributed by atoms with Gasteiger partial charge in [-0.2, -0.15) is 17.9 Å². The molecule has 0 atom stereocenters. The van der Waals surface area contributed by atoms with E-state index in [4.69, 9.17) is 19.9 Å². The molecule has 1 aromatic heterocycles. The lowest BCUT2D eigenvalue weighted by atomic mass is 9.85. The number of piperidine rings is 2. The van der Waals surface area contributed by atoms with E-state index >= 15 is 0 Å². The lowest BCUT2D eigenvalue weighted by molar-refractivity contribution is -0.798. The van der Waals surface area contributed by atoms with Crippen LogP contribution < -0.4 is 24.8 Å². The highest BCUT2D eigenvalue weighted by molar-refractivity contribution is 7.85. The molecule has 0 unspecified atom stereocenters. The zero-order valence-electron chi connectivity index (χ0n) is 23.6. The Morgan fingerprint density at radius 3 is 2.10 bits per heavy atom. The molecule has 0 bridgehead atoms. The number of fused-ring (bicyclic) bond motifs is 1. The van der Waals surface area contributed by atoms with Crippen molar-refractivity contribution in [1.82, 2.24) is 9.97 Å². The molecule has 0 radical (unpaired) electrons. The molecule has 3 N–H and O–H groups in total. The second-order valence-corrected chi connectivity index (χ2v) is 12.0. The van der Waals surface area contributed by atoms with E-state index in [1.54, 1.807) is 43.5 Å². The van der Waals surface area contributed by atoms with Crippen molar-refractivity contribution < 1.29 is 41.3 Å². The van der Waals surface area contributed by atoms with Crippen molar-refractivity contribution in [1.29, 1.82) is 0 Å². The minimum absolute atomic E-state index is 0.0244. The van der Waals surface area contributed by atoms with Crippen LogP contribution in [0.25, 0.3) is 10.9 Å². The maximum atomic E-state index is 13.7. The Hall–Kier alpha value is -4.01. The third-order valence-corrected chi connectivity index (χ3v) is 9.01. The molecule has 3 heterocycles. The fraction of sp³-hybridized carbons (Fsp3) is 0.429. The Labute approximate surface area is 243 Å². The third kappa shape index (κ3) is 5.44. The molecule has 14 heteroatoms. The number of nitrogen functional groups attached to an aromatic ring is 1. The average Bonchev–Trinajstić information content (AvgIpc) is 2.97. The zero-order chi connectivity index (χ0) is 30.2. The fourth-order valence-corrected chi connectivity index (χ4v) is 7.11. The number of carbonyl (C=O) groups excluding carboxylic acids is 2. The largest absolute Gasteiger partial charge is 0.497 e. The van der Waals surface area contributed by atoms with Crippen molar-refractivity contribution >= 4 is 44.6 Å². The normalized spacial score (nSPS) is 21.9. The van der Waals surface area contributed by atoms with Crippen molar-refractivity contribution in [2.45, 2.75) is 37.6 Å². The van der Waals surface area contributed by atoms with Crippen molar-refractivity contribution in [2.75, 3.05) is 50.9 Å². The van der Waals surface area contributed by atoms with Crippen LogP contribution in [0.4, 0.5) is 11.8 Å². The maximum absolute atomic E-state index is 13.7. The average molecular weight is 601 g/mol. The summed E-state index contributed by atoms with van der Waals surface area (Å²) < 4.78 is 49.2. The minimum Gasteiger partial charge on any atom is -0.497 e. The van der Waals surface area contributed by atoms with Crippen LogP contribution in [0.15, 0.2) is 36.4 Å². The summed E-state index contributed by atoms with van der Waals surface area (Å²) >= 11 is 0. The molecule has 5 rings (SSSR count). The van der Waals surface area contributed by atoms with E-state index in [9.17, 15) is 22.6 Å². The molecule has 0 spiro atoms. The van der Waals surface area contributed by atoms with E-state index < -0.39 is 44.3 Å². The van der Waals surface area contributed by atoms with Gasteiger partial charge in [0.05, 0.1) is 39.7 Å². The molecule has 0 saturated carbocycles. The van der Waals surface area contributed by atoms with Crippen molar-refractivity contribution in [2.24, 2.45) is 0 Å². The molecular weight excluding hydrogens is 566 g/mol. The number of rotatable bonds is 8. The molecular formula is C28H34N5O8S+. The SMILES string of the molecule is COc1ccc(C2CC(=O)[N+](CS(=O)(=O)O)(C3CCN(c4nc(N)c5cc(OC)c(OC)cc5n4)CC3)C(=O)C2)cc1. The summed E-state index contributed by atoms with van der Waals surface area (Å²) in [6.07, 6.45) is 0.549. The number of nitrogens with two attached hydrogens (primary N) is 1. The summed E-state index contributed by atoms with van der Waals surface area (Å²) in [4.78, 5) is 38.5. The highest BCUT2D eigenvalue weighted by Gasteiger charge is 2.57. The lowest BCUT2D eigenvalue weighted by Gasteiger charge is -2.45. The van der Waals surface area contributed by atoms with Crippen LogP contribution in [0, 0.1) is 0 Å². The number of aromatic nitrogens is 2. The Morgan fingerprint density at radius 1 is 0.952 bits per heavy atom. The number of likely N-dealkylation sites (tertiary alicyclic amines) is 1. The monoisotopic (exact) mass is 600 g/mol. The number of hydrogen-bond donors (Lipinski definition) is 2. The van der Waals surface area contributed by atoms with Gasteiger partial charge in [-0.25, -0.2) is 14.6 Å². The number of ether oxygens (including phenoxy) is 3. The quantitative estimate of drug-likeness (QED) is 0.220. The van der Waals surface area contributed by atoms with Gasteiger partial charge in [0.1, 0.15) is 17.6 Å². The van der Waals surface area contributed by atoms with Crippen LogP contribution >= 0.6 is 0 Å². The Kier molecular flexibility index (Phi) is 7.96. The Bertz CT molecular complexity index is 1600. The fourth-order valence-electron chi connectivity index (χ4n) is 6.10. The predicted octanol–water partition coefficient (Wildman–Crippen LogP) is 2.50. The van der Waals surface area contributed by atoms with Crippen LogP contribution in [0.3, 0.4) is 0 Å². The van der Waals surface area contributed by atoms with E-state index in [-0.39, 0.29) is 18.7 Å². The smallest absolute Gasteiger partial charge is 0.322 e. The summed E-state index contributed by atoms with van der Waals surface area (Å²) in [6.45, 7) is 0.688. The van der Waals surface area contributed by atoms with Gasteiger partial charge in [0, 0.05) is 43.3 Å². The van der Waals surface area contributed by atoms with Crippen LogP contribution in [0.5, 0.6) is 17.2 Å². The first-order valence-corrected chi connectivity index (χ1v) is 15.1. The van der Waals surface area contributed by atoms with E-state index in [0.717, 1.165) is 5.56 Å². The molecule has 0 aliphatic carbocycles. The first-order chi connectivity index (χ1) is 20.0. The van der Waals surface area contributed by atoms with Gasteiger partial charge in [-0.3, -0.25) is 4.55 Å². The van der Waals surface area contributed by atoms with E-state index in [1.165, 1.54) is 14.2 Å². The summed E-state index contributed by atoms with van der Waals surface area (Å²) in [6, 6.07) is 9.88. The standard InChI is InChI=1S/C28H33N5O8S/c1-39-20-6-4-17(5-7-20)18-12-25(34)33(26(35)13-18,16-42(36,37)38)19-8-10-32(11-9-19)28-30-22-15-24(41-3)23(40-2)14-21(22)27(29)31-28/h4-7,14-15,18-19H,8-13,16H2,1-3H3,(H2-,29,30,31,36,37,38)/p+1. The number of carbonyl (C=O) groups is 2. The molecule has 224 valence electrons. The van der Waals surface area contributed by atoms with Gasteiger partial charge in [0.2, 0.25) is 11.8 Å². The number of benzene rings is 2. The highest BCUT2D eigenvalue weighted by Crippen LogP contribution is 2.40. The number of imide groups is 1. The van der Waals surface area contributed by atoms with Crippen LogP contribution in [0.2, 0.25) is 0 Å². The summed E-state index contributed by atoms with van der Waals surface area (Å²) in [5, 5.41) is 0.597. The number of hydrogen-bond acceptors (Lipinski definition) is 11. The molecule has 2 fully saturated rings. The third-order valence-electron chi connectivity index (χ3n) is 8.28. The molecule has 3 aromatic rings. The molecule has 13 nitrogen and oxygen atoms in total. The number of methoxy groups -OCH3 is 3. The minimum atomic E-state index is -4.66. The van der Waals surface area contributed by atoms with Crippen molar-refractivity contribution in [3.63, 3.8) is 0 Å². The second kappa shape index (κ2) is 11.3. The lowest BCUT2D eigenvalue weighted by Crippen LogP contribution is -2.68. The summed E-state index contributed by atoms with van der Waals surface area (Å²) in [5.41, 5.74) is 7.60. The highest BCUT2D eigenvalue weighted by atomic mass is 32.2. The number of quaternary nitrogens is 1.